The van der Waals surface area contributed by atoms with Crippen molar-refractivity contribution < 1.29 is 9.72 Å². The van der Waals surface area contributed by atoms with Crippen LogP contribution in [0.15, 0.2) is 58.9 Å². The maximum absolute atomic E-state index is 12.4. The highest BCUT2D eigenvalue weighted by molar-refractivity contribution is 8.16. The normalized spacial score (nSPS) is 15.3. The van der Waals surface area contributed by atoms with Crippen LogP contribution < -0.4 is 5.32 Å². The molecule has 1 amide bonds. The number of hydrogen-bond donors (Lipinski definition) is 1. The second kappa shape index (κ2) is 6.64. The molecular weight excluding hydrogens is 352 g/mol. The van der Waals surface area contributed by atoms with Crippen molar-refractivity contribution >= 4 is 39.9 Å². The Balaban J connectivity index is 1.51. The molecule has 0 aliphatic carbocycles. The Morgan fingerprint density at radius 3 is 2.73 bits per heavy atom. The number of anilines is 1. The number of rotatable bonds is 4. The molecule has 0 aromatic heterocycles. The lowest BCUT2D eigenvalue weighted by atomic mass is 10.1. The molecule has 2 aromatic carbocycles. The lowest BCUT2D eigenvalue weighted by molar-refractivity contribution is -0.385. The van der Waals surface area contributed by atoms with Crippen LogP contribution in [0.5, 0.6) is 0 Å². The fraction of sp³-hybridized carbons (Fsp3) is 0.111. The van der Waals surface area contributed by atoms with Crippen molar-refractivity contribution in [1.29, 1.82) is 0 Å². The van der Waals surface area contributed by atoms with E-state index < -0.39 is 10.8 Å². The molecule has 2 aliphatic rings. The predicted molar refractivity (Wildman–Crippen MR) is 102 cm³/mol. The van der Waals surface area contributed by atoms with E-state index in [1.807, 2.05) is 12.1 Å². The summed E-state index contributed by atoms with van der Waals surface area (Å²) in [6.45, 7) is 1.69. The summed E-state index contributed by atoms with van der Waals surface area (Å²) in [6, 6.07) is 13.3. The van der Waals surface area contributed by atoms with Gasteiger partial charge in [0.05, 0.1) is 17.2 Å². The summed E-state index contributed by atoms with van der Waals surface area (Å²) < 4.78 is 0. The van der Waals surface area contributed by atoms with Crippen LogP contribution in [0.25, 0.3) is 5.70 Å². The largest absolute Gasteiger partial charge is 0.322 e. The molecule has 0 unspecified atom stereocenters. The van der Waals surface area contributed by atoms with Crippen LogP contribution in [0.4, 0.5) is 11.4 Å². The maximum atomic E-state index is 12.4. The number of hydrogen-bond acceptors (Lipinski definition) is 6. The number of nitrogens with one attached hydrogen (secondary N) is 1. The van der Waals surface area contributed by atoms with E-state index in [9.17, 15) is 14.9 Å². The SMILES string of the molecule is O=C(Nc1ccc(C2=CSC3=NCCN23)cc1)c1ccccc1[N+](=O)[O-]. The van der Waals surface area contributed by atoms with Crippen LogP contribution >= 0.6 is 11.8 Å². The minimum Gasteiger partial charge on any atom is -0.322 e. The van der Waals surface area contributed by atoms with Gasteiger partial charge in [0.2, 0.25) is 0 Å². The molecule has 2 heterocycles. The number of nitro groups is 1. The van der Waals surface area contributed by atoms with E-state index in [-0.39, 0.29) is 11.3 Å². The van der Waals surface area contributed by atoms with Gasteiger partial charge < -0.3 is 10.2 Å². The number of para-hydroxylation sites is 1. The Labute approximate surface area is 153 Å². The summed E-state index contributed by atoms with van der Waals surface area (Å²) in [5, 5.41) is 16.9. The number of aliphatic imine (C=N–C) groups is 1. The minimum absolute atomic E-state index is 0.0365. The fourth-order valence-corrected chi connectivity index (χ4v) is 3.86. The van der Waals surface area contributed by atoms with Crippen molar-refractivity contribution in [3.63, 3.8) is 0 Å². The molecule has 0 bridgehead atoms. The van der Waals surface area contributed by atoms with E-state index in [0.29, 0.717) is 5.69 Å². The quantitative estimate of drug-likeness (QED) is 0.660. The van der Waals surface area contributed by atoms with E-state index in [0.717, 1.165) is 29.5 Å². The zero-order chi connectivity index (χ0) is 18.1. The van der Waals surface area contributed by atoms with Crippen molar-refractivity contribution in [3.05, 3.63) is 75.2 Å². The molecule has 1 N–H and O–H groups in total. The molecule has 0 fully saturated rings. The summed E-state index contributed by atoms with van der Waals surface area (Å²) in [5.41, 5.74) is 2.54. The summed E-state index contributed by atoms with van der Waals surface area (Å²) in [7, 11) is 0. The van der Waals surface area contributed by atoms with E-state index >= 15 is 0 Å². The van der Waals surface area contributed by atoms with Gasteiger partial charge in [0.15, 0.2) is 5.17 Å². The third-order valence-electron chi connectivity index (χ3n) is 4.15. The van der Waals surface area contributed by atoms with E-state index in [1.165, 1.54) is 18.2 Å². The molecule has 0 atom stereocenters. The summed E-state index contributed by atoms with van der Waals surface area (Å²) >= 11 is 1.61. The molecule has 0 saturated carbocycles. The molecule has 0 radical (unpaired) electrons. The van der Waals surface area contributed by atoms with E-state index in [2.05, 4.69) is 20.6 Å². The Morgan fingerprint density at radius 2 is 1.96 bits per heavy atom. The van der Waals surface area contributed by atoms with Gasteiger partial charge in [-0.2, -0.15) is 0 Å². The van der Waals surface area contributed by atoms with E-state index in [1.54, 1.807) is 30.0 Å². The third kappa shape index (κ3) is 2.95. The molecule has 0 saturated heterocycles. The van der Waals surface area contributed by atoms with Gasteiger partial charge in [-0.25, -0.2) is 0 Å². The van der Waals surface area contributed by atoms with Gasteiger partial charge in [0, 0.05) is 23.7 Å². The number of fused-ring (bicyclic) bond motifs is 1. The Morgan fingerprint density at radius 1 is 1.19 bits per heavy atom. The average Bonchev–Trinajstić information content (AvgIpc) is 3.26. The molecule has 0 spiro atoms. The number of amides is 1. The van der Waals surface area contributed by atoms with Crippen molar-refractivity contribution in [2.75, 3.05) is 18.4 Å². The highest BCUT2D eigenvalue weighted by atomic mass is 32.2. The lowest BCUT2D eigenvalue weighted by Gasteiger charge is -2.16. The van der Waals surface area contributed by atoms with Gasteiger partial charge in [-0.1, -0.05) is 36.0 Å². The van der Waals surface area contributed by atoms with Gasteiger partial charge in [-0.15, -0.1) is 0 Å². The Kier molecular flexibility index (Phi) is 4.18. The number of carbonyl (C=O) groups excluding carboxylic acids is 1. The van der Waals surface area contributed by atoms with Crippen LogP contribution in [0.2, 0.25) is 0 Å². The zero-order valence-electron chi connectivity index (χ0n) is 13.6. The molecule has 26 heavy (non-hydrogen) atoms. The van der Waals surface area contributed by atoms with Crippen LogP contribution in [0.1, 0.15) is 15.9 Å². The second-order valence-electron chi connectivity index (χ2n) is 5.74. The summed E-state index contributed by atoms with van der Waals surface area (Å²) in [6.07, 6.45) is 0. The molecule has 2 aromatic rings. The van der Waals surface area contributed by atoms with Crippen molar-refractivity contribution in [2.24, 2.45) is 4.99 Å². The molecular formula is C18H14N4O3S. The lowest BCUT2D eigenvalue weighted by Crippen LogP contribution is -2.19. The highest BCUT2D eigenvalue weighted by Crippen LogP contribution is 2.35. The second-order valence-corrected chi connectivity index (χ2v) is 6.58. The van der Waals surface area contributed by atoms with Crippen molar-refractivity contribution in [2.45, 2.75) is 0 Å². The van der Waals surface area contributed by atoms with Crippen LogP contribution in [0.3, 0.4) is 0 Å². The highest BCUT2D eigenvalue weighted by Gasteiger charge is 2.27. The molecule has 4 rings (SSSR count). The van der Waals surface area contributed by atoms with Gasteiger partial charge in [-0.3, -0.25) is 19.9 Å². The summed E-state index contributed by atoms with van der Waals surface area (Å²) in [5.74, 6) is -0.505. The molecule has 7 nitrogen and oxygen atoms in total. The number of thioether (sulfide) groups is 1. The van der Waals surface area contributed by atoms with Crippen LogP contribution in [0, 0.1) is 10.1 Å². The standard InChI is InChI=1S/C18H14N4O3S/c23-17(14-3-1-2-4-15(14)22(24)25)20-13-7-5-12(6-8-13)16-11-26-18-19-9-10-21(16)18/h1-8,11H,9-10H2,(H,20,23). The number of nitrogens with zero attached hydrogens (tertiary/aromatic N) is 3. The van der Waals surface area contributed by atoms with Crippen molar-refractivity contribution in [1.82, 2.24) is 4.90 Å². The monoisotopic (exact) mass is 366 g/mol. The van der Waals surface area contributed by atoms with Gasteiger partial charge in [-0.05, 0) is 23.8 Å². The Bertz CT molecular complexity index is 953. The van der Waals surface area contributed by atoms with Gasteiger partial charge in [0.25, 0.3) is 11.6 Å². The first-order valence-electron chi connectivity index (χ1n) is 7.97. The maximum Gasteiger partial charge on any atom is 0.282 e. The number of benzene rings is 2. The van der Waals surface area contributed by atoms with Crippen LogP contribution in [-0.4, -0.2) is 34.0 Å². The average molecular weight is 366 g/mol. The van der Waals surface area contributed by atoms with Gasteiger partial charge >= 0.3 is 0 Å². The molecule has 130 valence electrons. The number of carbonyl (C=O) groups is 1. The van der Waals surface area contributed by atoms with Crippen molar-refractivity contribution in [3.8, 4) is 0 Å². The first-order chi connectivity index (χ1) is 12.6. The predicted octanol–water partition coefficient (Wildman–Crippen LogP) is 3.56. The minimum atomic E-state index is -0.558. The number of nitro benzene ring substituents is 1. The molecule has 2 aliphatic heterocycles. The fourth-order valence-electron chi connectivity index (χ4n) is 2.89. The first kappa shape index (κ1) is 16.3. The smallest absolute Gasteiger partial charge is 0.282 e. The Hall–Kier alpha value is -3.13. The first-order valence-corrected chi connectivity index (χ1v) is 8.85. The van der Waals surface area contributed by atoms with Crippen LogP contribution in [-0.2, 0) is 0 Å². The summed E-state index contributed by atoms with van der Waals surface area (Å²) in [4.78, 5) is 29.5. The van der Waals surface area contributed by atoms with E-state index in [4.69, 9.17) is 0 Å². The molecule has 8 heteroatoms. The third-order valence-corrected chi connectivity index (χ3v) is 5.05. The zero-order valence-corrected chi connectivity index (χ0v) is 14.4. The topological polar surface area (TPSA) is 87.8 Å². The number of amidine groups is 1. The van der Waals surface area contributed by atoms with Gasteiger partial charge in [0.1, 0.15) is 5.56 Å².